The minimum Gasteiger partial charge on any atom is -0.393 e. The first-order valence-electron chi connectivity index (χ1n) is 10.4. The maximum Gasteiger partial charge on any atom is 0.142 e. The number of nitrogens with zero attached hydrogens (tertiary/aromatic N) is 1. The summed E-state index contributed by atoms with van der Waals surface area (Å²) in [5.74, 6) is 4.22. The van der Waals surface area contributed by atoms with E-state index in [1.807, 2.05) is 0 Å². The van der Waals surface area contributed by atoms with Crippen LogP contribution in [0.25, 0.3) is 0 Å². The maximum atomic E-state index is 12.9. The van der Waals surface area contributed by atoms with Gasteiger partial charge in [0.2, 0.25) is 0 Å². The van der Waals surface area contributed by atoms with Crippen molar-refractivity contribution in [1.29, 1.82) is 0 Å². The number of carbonyl (C=O) groups is 1. The Morgan fingerprint density at radius 2 is 1.88 bits per heavy atom. The fourth-order valence-corrected chi connectivity index (χ4v) is 9.04. The average Bonchev–Trinajstić information content (AvgIpc) is 3.48. The Balaban J connectivity index is 1.46. The lowest BCUT2D eigenvalue weighted by Gasteiger charge is -2.62. The molecule has 6 fully saturated rings. The fraction of sp³-hybridized carbons (Fsp3) is 0.952. The second-order valence-corrected chi connectivity index (χ2v) is 10.9. The van der Waals surface area contributed by atoms with Crippen molar-refractivity contribution in [3.63, 3.8) is 0 Å². The van der Waals surface area contributed by atoms with Crippen LogP contribution in [-0.2, 0) is 4.79 Å². The molecule has 3 unspecified atom stereocenters. The van der Waals surface area contributed by atoms with E-state index in [0.717, 1.165) is 38.5 Å². The predicted octanol–water partition coefficient (Wildman–Crippen LogP) is 3.56. The van der Waals surface area contributed by atoms with Gasteiger partial charge in [-0.25, -0.2) is 0 Å². The molecule has 0 aromatic carbocycles. The van der Waals surface area contributed by atoms with Crippen molar-refractivity contribution in [1.82, 2.24) is 0 Å². The highest BCUT2D eigenvalue weighted by Crippen LogP contribution is 2.79. The SMILES string of the molecule is C[C@]12CCC3C(C1[C@@H]1C[C@@H]1C2=O)[C@H]1C[C@H]1[C@]1(N=O)C[C@@H](O)CC[C@]31C. The summed E-state index contributed by atoms with van der Waals surface area (Å²) in [6.07, 6.45) is 6.27. The number of rotatable bonds is 1. The topological polar surface area (TPSA) is 66.7 Å². The van der Waals surface area contributed by atoms with E-state index in [2.05, 4.69) is 19.0 Å². The molecule has 0 saturated heterocycles. The standard InChI is InChI=1S/C21H29NO3/c1-19-5-4-14-16(17(19)11-7-12(11)18(19)24)13-8-15(13)21(22-25)9-10(23)3-6-20(14,21)2/h10-17,23H,3-9H2,1-2H3/t10-,11+,12-,13-,14?,15+,16?,17?,19-,20+,21+/m0/s1. The summed E-state index contributed by atoms with van der Waals surface area (Å²) in [5, 5.41) is 14.1. The Labute approximate surface area is 149 Å². The number of ketones is 1. The number of hydrogen-bond donors (Lipinski definition) is 1. The van der Waals surface area contributed by atoms with E-state index in [9.17, 15) is 14.8 Å². The Hall–Kier alpha value is -0.770. The molecule has 6 saturated carbocycles. The van der Waals surface area contributed by atoms with Gasteiger partial charge in [0.05, 0.1) is 6.10 Å². The maximum absolute atomic E-state index is 12.9. The highest BCUT2D eigenvalue weighted by Gasteiger charge is 2.79. The van der Waals surface area contributed by atoms with Gasteiger partial charge in [0.25, 0.3) is 0 Å². The third-order valence-electron chi connectivity index (χ3n) is 10.3. The number of Topliss-reactive ketones (excluding diaryl/α,β-unsaturated/α-hetero) is 1. The smallest absolute Gasteiger partial charge is 0.142 e. The van der Waals surface area contributed by atoms with Gasteiger partial charge in [0, 0.05) is 17.8 Å². The molecule has 6 rings (SSSR count). The first kappa shape index (κ1) is 15.3. The molecule has 6 aliphatic rings. The zero-order chi connectivity index (χ0) is 17.4. The molecule has 1 N–H and O–H groups in total. The molecule has 0 spiro atoms. The molecule has 25 heavy (non-hydrogen) atoms. The number of aliphatic hydroxyl groups is 1. The van der Waals surface area contributed by atoms with Crippen LogP contribution in [0, 0.1) is 57.2 Å². The lowest BCUT2D eigenvalue weighted by atomic mass is 9.42. The molecule has 4 nitrogen and oxygen atoms in total. The molecule has 0 radical (unpaired) electrons. The lowest BCUT2D eigenvalue weighted by molar-refractivity contribution is -0.154. The minimum atomic E-state index is -0.546. The Bertz CT molecular complexity index is 693. The van der Waals surface area contributed by atoms with Gasteiger partial charge in [-0.05, 0) is 79.4 Å². The second-order valence-electron chi connectivity index (χ2n) is 10.9. The molecular weight excluding hydrogens is 314 g/mol. The number of hydrogen-bond acceptors (Lipinski definition) is 4. The summed E-state index contributed by atoms with van der Waals surface area (Å²) in [4.78, 5) is 25.1. The molecule has 11 atom stereocenters. The molecule has 0 aliphatic heterocycles. The Kier molecular flexibility index (Phi) is 2.58. The zero-order valence-electron chi connectivity index (χ0n) is 15.3. The summed E-state index contributed by atoms with van der Waals surface area (Å²) in [5.41, 5.74) is -0.704. The van der Waals surface area contributed by atoms with Crippen LogP contribution in [0.5, 0.6) is 0 Å². The monoisotopic (exact) mass is 343 g/mol. The molecule has 0 aromatic heterocycles. The molecule has 0 aromatic rings. The predicted molar refractivity (Wildman–Crippen MR) is 92.5 cm³/mol. The van der Waals surface area contributed by atoms with Crippen molar-refractivity contribution in [2.75, 3.05) is 0 Å². The van der Waals surface area contributed by atoms with Crippen LogP contribution < -0.4 is 0 Å². The van der Waals surface area contributed by atoms with Gasteiger partial charge in [0.15, 0.2) is 0 Å². The van der Waals surface area contributed by atoms with Crippen LogP contribution in [-0.4, -0.2) is 22.5 Å². The van der Waals surface area contributed by atoms with Crippen LogP contribution in [0.3, 0.4) is 0 Å². The highest BCUT2D eigenvalue weighted by atomic mass is 16.3. The number of fused-ring (bicyclic) bond motifs is 10. The summed E-state index contributed by atoms with van der Waals surface area (Å²) < 4.78 is 0. The molecule has 6 aliphatic carbocycles. The van der Waals surface area contributed by atoms with E-state index in [0.29, 0.717) is 53.6 Å². The number of nitroso groups, excluding NO2 is 1. The first-order chi connectivity index (χ1) is 11.9. The van der Waals surface area contributed by atoms with Crippen molar-refractivity contribution in [2.45, 2.75) is 70.4 Å². The van der Waals surface area contributed by atoms with Gasteiger partial charge in [-0.3, -0.25) is 4.79 Å². The van der Waals surface area contributed by atoms with Crippen molar-refractivity contribution >= 4 is 5.78 Å². The van der Waals surface area contributed by atoms with Gasteiger partial charge in [0.1, 0.15) is 11.3 Å². The van der Waals surface area contributed by atoms with Crippen LogP contribution in [0.4, 0.5) is 0 Å². The number of aliphatic hydroxyl groups excluding tert-OH is 1. The van der Waals surface area contributed by atoms with Crippen molar-refractivity contribution in [3.8, 4) is 0 Å². The zero-order valence-corrected chi connectivity index (χ0v) is 15.3. The lowest BCUT2D eigenvalue weighted by Crippen LogP contribution is -2.63. The summed E-state index contributed by atoms with van der Waals surface area (Å²) in [6, 6.07) is 0. The van der Waals surface area contributed by atoms with Gasteiger partial charge < -0.3 is 5.11 Å². The summed E-state index contributed by atoms with van der Waals surface area (Å²) >= 11 is 0. The summed E-state index contributed by atoms with van der Waals surface area (Å²) in [6.45, 7) is 4.57. The van der Waals surface area contributed by atoms with E-state index in [1.54, 1.807) is 0 Å². The molecule has 0 amide bonds. The van der Waals surface area contributed by atoms with Crippen molar-refractivity contribution in [2.24, 2.45) is 57.4 Å². The number of carbonyl (C=O) groups excluding carboxylic acids is 1. The van der Waals surface area contributed by atoms with Crippen LogP contribution in [0.15, 0.2) is 5.18 Å². The molecule has 0 heterocycles. The van der Waals surface area contributed by atoms with Crippen molar-refractivity contribution in [3.05, 3.63) is 4.91 Å². The highest BCUT2D eigenvalue weighted by molar-refractivity contribution is 5.92. The summed E-state index contributed by atoms with van der Waals surface area (Å²) in [7, 11) is 0. The first-order valence-corrected chi connectivity index (χ1v) is 10.4. The van der Waals surface area contributed by atoms with E-state index < -0.39 is 5.54 Å². The molecular formula is C21H29NO3. The van der Waals surface area contributed by atoms with Gasteiger partial charge in [-0.2, -0.15) is 4.91 Å². The van der Waals surface area contributed by atoms with Crippen LogP contribution >= 0.6 is 0 Å². The van der Waals surface area contributed by atoms with Gasteiger partial charge in [-0.15, -0.1) is 0 Å². The van der Waals surface area contributed by atoms with E-state index >= 15 is 0 Å². The average molecular weight is 343 g/mol. The third-order valence-corrected chi connectivity index (χ3v) is 10.3. The Morgan fingerprint density at radius 1 is 1.08 bits per heavy atom. The van der Waals surface area contributed by atoms with Gasteiger partial charge >= 0.3 is 0 Å². The van der Waals surface area contributed by atoms with Crippen molar-refractivity contribution < 1.29 is 9.90 Å². The third kappa shape index (κ3) is 1.48. The minimum absolute atomic E-state index is 0.0757. The largest absolute Gasteiger partial charge is 0.393 e. The fourth-order valence-electron chi connectivity index (χ4n) is 9.04. The molecule has 4 heteroatoms. The van der Waals surface area contributed by atoms with E-state index in [1.165, 1.54) is 0 Å². The second kappa shape index (κ2) is 4.21. The molecule has 0 bridgehead atoms. The van der Waals surface area contributed by atoms with Crippen LogP contribution in [0.2, 0.25) is 0 Å². The Morgan fingerprint density at radius 3 is 2.64 bits per heavy atom. The van der Waals surface area contributed by atoms with Gasteiger partial charge in [-0.1, -0.05) is 19.0 Å². The van der Waals surface area contributed by atoms with E-state index in [4.69, 9.17) is 0 Å². The molecule has 136 valence electrons. The van der Waals surface area contributed by atoms with E-state index in [-0.39, 0.29) is 16.9 Å². The quantitative estimate of drug-likeness (QED) is 0.740. The van der Waals surface area contributed by atoms with Crippen LogP contribution in [0.1, 0.15) is 58.8 Å². The normalized spacial score (nSPS) is 66.6.